The molecule has 3 unspecified atom stereocenters. The molecule has 3 aliphatic carbocycles. The summed E-state index contributed by atoms with van der Waals surface area (Å²) in [6.07, 6.45) is 22.3. The Bertz CT molecular complexity index is 760. The van der Waals surface area contributed by atoms with Crippen LogP contribution < -0.4 is 0 Å². The third kappa shape index (κ3) is 13.6. The lowest BCUT2D eigenvalue weighted by atomic mass is 9.60. The summed E-state index contributed by atoms with van der Waals surface area (Å²) < 4.78 is 0. The van der Waals surface area contributed by atoms with Crippen LogP contribution in [0.2, 0.25) is 0 Å². The number of aliphatic carboxylic acids is 1. The van der Waals surface area contributed by atoms with E-state index in [0.717, 1.165) is 43.4 Å². The molecule has 0 bridgehead atoms. The quantitative estimate of drug-likeness (QED) is 0.255. The van der Waals surface area contributed by atoms with Gasteiger partial charge in [0, 0.05) is 6.42 Å². The van der Waals surface area contributed by atoms with Crippen LogP contribution >= 0.6 is 15.9 Å². The second kappa shape index (κ2) is 20.1. The van der Waals surface area contributed by atoms with Crippen molar-refractivity contribution < 1.29 is 15.0 Å². The maximum absolute atomic E-state index is 10.0. The topological polar surface area (TPSA) is 57.5 Å². The van der Waals surface area contributed by atoms with Gasteiger partial charge in [-0.1, -0.05) is 99.7 Å². The molecule has 0 aromatic heterocycles. The number of carboxylic acid groups (broad SMARTS) is 1. The number of carbonyl (C=O) groups is 1. The molecule has 0 heterocycles. The molecule has 4 atom stereocenters. The summed E-state index contributed by atoms with van der Waals surface area (Å²) >= 11 is 2.94. The van der Waals surface area contributed by atoms with E-state index in [4.69, 9.17) is 5.11 Å². The third-order valence-electron chi connectivity index (χ3n) is 9.04. The summed E-state index contributed by atoms with van der Waals surface area (Å²) in [5, 5.41) is 18.1. The van der Waals surface area contributed by atoms with Crippen molar-refractivity contribution in [3.63, 3.8) is 0 Å². The highest BCUT2D eigenvalue weighted by atomic mass is 79.9. The molecule has 0 saturated heterocycles. The molecule has 3 saturated carbocycles. The summed E-state index contributed by atoms with van der Waals surface area (Å²) in [6.45, 7) is 19.2. The molecule has 0 aromatic rings. The van der Waals surface area contributed by atoms with Gasteiger partial charge in [0.1, 0.15) is 0 Å². The first-order valence-electron chi connectivity index (χ1n) is 15.9. The van der Waals surface area contributed by atoms with Gasteiger partial charge in [0.25, 0.3) is 0 Å². The Morgan fingerprint density at radius 2 is 1.74 bits per heavy atom. The minimum absolute atomic E-state index is 0.316. The van der Waals surface area contributed by atoms with Crippen molar-refractivity contribution in [2.45, 2.75) is 150 Å². The Labute approximate surface area is 251 Å². The molecule has 3 nitrogen and oxygen atoms in total. The number of alkyl halides is 1. The van der Waals surface area contributed by atoms with Gasteiger partial charge in [0.2, 0.25) is 0 Å². The van der Waals surface area contributed by atoms with E-state index in [1.807, 2.05) is 40.5 Å². The molecule has 3 aliphatic rings. The highest BCUT2D eigenvalue weighted by Gasteiger charge is 2.50. The van der Waals surface area contributed by atoms with Gasteiger partial charge in [-0.3, -0.25) is 4.79 Å². The maximum atomic E-state index is 10.0. The van der Waals surface area contributed by atoms with E-state index in [1.54, 1.807) is 5.57 Å². The number of carboxylic acids is 1. The van der Waals surface area contributed by atoms with Gasteiger partial charge < -0.3 is 10.2 Å². The zero-order chi connectivity index (χ0) is 30.1. The van der Waals surface area contributed by atoms with Crippen molar-refractivity contribution in [3.05, 3.63) is 35.5 Å². The van der Waals surface area contributed by atoms with Crippen LogP contribution in [0.3, 0.4) is 0 Å². The maximum Gasteiger partial charge on any atom is 0.303 e. The van der Waals surface area contributed by atoms with E-state index in [0.29, 0.717) is 11.8 Å². The first-order valence-corrected chi connectivity index (χ1v) is 17.5. The smallest absolute Gasteiger partial charge is 0.303 e. The van der Waals surface area contributed by atoms with E-state index >= 15 is 0 Å². The summed E-state index contributed by atoms with van der Waals surface area (Å²) in [5.41, 5.74) is 4.59. The first-order chi connectivity index (χ1) is 18.5. The second-order valence-electron chi connectivity index (χ2n) is 12.5. The molecular weight excluding hydrogens is 548 g/mol. The Morgan fingerprint density at radius 3 is 2.28 bits per heavy atom. The fraction of sp³-hybridized carbons (Fsp3) is 0.800. The van der Waals surface area contributed by atoms with Gasteiger partial charge in [0.05, 0.1) is 5.60 Å². The van der Waals surface area contributed by atoms with Gasteiger partial charge in [-0.05, 0) is 119 Å². The fourth-order valence-corrected chi connectivity index (χ4v) is 7.00. The van der Waals surface area contributed by atoms with Gasteiger partial charge in [0.15, 0.2) is 0 Å². The monoisotopic (exact) mass is 610 g/mol. The van der Waals surface area contributed by atoms with Crippen molar-refractivity contribution in [2.75, 3.05) is 5.83 Å². The number of rotatable bonds is 9. The Balaban J connectivity index is 0.00000113. The number of hydrogen-bond donors (Lipinski definition) is 2. The largest absolute Gasteiger partial charge is 0.481 e. The summed E-state index contributed by atoms with van der Waals surface area (Å²) in [5.74, 6) is 3.53. The van der Waals surface area contributed by atoms with Crippen LogP contribution in [0.25, 0.3) is 0 Å². The molecule has 0 spiro atoms. The van der Waals surface area contributed by atoms with Gasteiger partial charge in [-0.25, -0.2) is 0 Å². The molecular formula is C35H63BrO3. The number of halogens is 1. The predicted octanol–water partition coefficient (Wildman–Crippen LogP) is 11.1. The predicted molar refractivity (Wildman–Crippen MR) is 175 cm³/mol. The van der Waals surface area contributed by atoms with Crippen molar-refractivity contribution in [2.24, 2.45) is 23.2 Å². The summed E-state index contributed by atoms with van der Waals surface area (Å²) in [6, 6.07) is 0. The lowest BCUT2D eigenvalue weighted by molar-refractivity contribution is -0.137. The third-order valence-corrected chi connectivity index (χ3v) is 9.04. The lowest BCUT2D eigenvalue weighted by Crippen LogP contribution is -2.36. The minimum Gasteiger partial charge on any atom is -0.481 e. The van der Waals surface area contributed by atoms with Crippen LogP contribution in [-0.4, -0.2) is 27.6 Å². The minimum atomic E-state index is -0.693. The van der Waals surface area contributed by atoms with E-state index in [2.05, 4.69) is 48.5 Å². The van der Waals surface area contributed by atoms with Crippen LogP contribution in [0.4, 0.5) is 0 Å². The van der Waals surface area contributed by atoms with E-state index < -0.39 is 11.6 Å². The van der Waals surface area contributed by atoms with Gasteiger partial charge in [-0.15, -0.1) is 0 Å². The lowest BCUT2D eigenvalue weighted by Gasteiger charge is -2.44. The first kappa shape index (κ1) is 38.1. The number of unbranched alkanes of at least 4 members (excludes halogenated alkanes) is 1. The normalized spacial score (nSPS) is 27.3. The molecule has 0 aromatic carbocycles. The molecule has 2 N–H and O–H groups in total. The SMILES string of the molecule is C=C1CCCC/C1=C/C=C1\CCCC2(C)C1CCC2[C@H](C)CCCC(C)(C)O.CBr.CC.CCCCC(=O)O. The van der Waals surface area contributed by atoms with Crippen molar-refractivity contribution in [1.29, 1.82) is 0 Å². The van der Waals surface area contributed by atoms with E-state index in [9.17, 15) is 9.90 Å². The van der Waals surface area contributed by atoms with Gasteiger partial charge in [-0.2, -0.15) is 0 Å². The van der Waals surface area contributed by atoms with Crippen LogP contribution in [0.5, 0.6) is 0 Å². The molecule has 0 amide bonds. The van der Waals surface area contributed by atoms with E-state index in [-0.39, 0.29) is 0 Å². The fourth-order valence-electron chi connectivity index (χ4n) is 7.00. The number of fused-ring (bicyclic) bond motifs is 1. The molecule has 0 radical (unpaired) electrons. The van der Waals surface area contributed by atoms with Crippen LogP contribution in [0.15, 0.2) is 35.5 Å². The zero-order valence-electron chi connectivity index (χ0n) is 26.9. The van der Waals surface area contributed by atoms with Crippen LogP contribution in [0, 0.1) is 23.2 Å². The van der Waals surface area contributed by atoms with Gasteiger partial charge >= 0.3 is 5.97 Å². The molecule has 228 valence electrons. The average molecular weight is 612 g/mol. The summed E-state index contributed by atoms with van der Waals surface area (Å²) in [7, 11) is 0. The zero-order valence-corrected chi connectivity index (χ0v) is 28.5. The van der Waals surface area contributed by atoms with Crippen LogP contribution in [-0.2, 0) is 4.79 Å². The van der Waals surface area contributed by atoms with Crippen LogP contribution in [0.1, 0.15) is 145 Å². The van der Waals surface area contributed by atoms with Crippen molar-refractivity contribution in [3.8, 4) is 0 Å². The molecule has 0 aliphatic heterocycles. The van der Waals surface area contributed by atoms with Crippen molar-refractivity contribution in [1.82, 2.24) is 0 Å². The number of allylic oxidation sites excluding steroid dienone is 5. The summed E-state index contributed by atoms with van der Waals surface area (Å²) in [4.78, 5) is 9.76. The van der Waals surface area contributed by atoms with E-state index in [1.165, 1.54) is 75.4 Å². The second-order valence-corrected chi connectivity index (χ2v) is 12.5. The average Bonchev–Trinajstić information content (AvgIpc) is 3.26. The number of aliphatic hydroxyl groups is 1. The highest BCUT2D eigenvalue weighted by molar-refractivity contribution is 9.08. The molecule has 39 heavy (non-hydrogen) atoms. The Kier molecular flexibility index (Phi) is 19.6. The number of hydrogen-bond acceptors (Lipinski definition) is 2. The molecule has 3 rings (SSSR count). The van der Waals surface area contributed by atoms with Crippen molar-refractivity contribution >= 4 is 21.9 Å². The molecule has 4 heteroatoms. The standard InChI is InChI=1S/C27H44O.C5H10O2.C2H6.CH3Br/c1-20-10-6-7-12-22(20)14-15-23-13-9-19-27(5)24(16-17-25(23)27)21(2)11-8-18-26(3,4)28;1-2-3-4-5(6)7;2*1-2/h14-15,21,24-25,28H,1,6-13,16-19H2,2-5H3;2-4H2,1H3,(H,6,7);1-2H3;1H3/b22-14-,23-15+;;;/t21-,24?,25?,27?;;;/m1.../s1. The highest BCUT2D eigenvalue weighted by Crippen LogP contribution is 2.60. The Morgan fingerprint density at radius 1 is 1.10 bits per heavy atom. The Hall–Kier alpha value is -0.870. The molecule has 3 fully saturated rings.